The molecule has 28 heavy (non-hydrogen) atoms. The molecule has 1 heterocycles. The number of likely N-dealkylation sites (tertiary alicyclic amines) is 1. The average molecular weight is 415 g/mol. The Balaban J connectivity index is 1.87. The minimum atomic E-state index is 0.124. The van der Waals surface area contributed by atoms with Gasteiger partial charge in [0.05, 0.1) is 0 Å². The average Bonchev–Trinajstić information content (AvgIpc) is 2.62. The number of piperidine rings is 1. The lowest BCUT2D eigenvalue weighted by Gasteiger charge is -2.49. The molecule has 2 aliphatic rings. The maximum absolute atomic E-state index is 12.3. The largest absolute Gasteiger partial charge is 0.396 e. The van der Waals surface area contributed by atoms with Crippen molar-refractivity contribution in [3.05, 3.63) is 0 Å². The summed E-state index contributed by atoms with van der Waals surface area (Å²) < 4.78 is 0. The molecule has 0 aromatic heterocycles. The molecular weight excluding hydrogens is 372 g/mol. The number of carbonyl (C=O) groups excluding carboxylic acids is 1. The van der Waals surface area contributed by atoms with E-state index in [-0.39, 0.29) is 18.6 Å². The molecule has 2 rings (SSSR count). The van der Waals surface area contributed by atoms with Crippen LogP contribution < -0.4 is 5.32 Å². The molecule has 0 aromatic rings. The van der Waals surface area contributed by atoms with Crippen LogP contribution in [-0.4, -0.2) is 53.6 Å². The molecule has 164 valence electrons. The van der Waals surface area contributed by atoms with E-state index in [1.165, 1.54) is 32.1 Å². The summed E-state index contributed by atoms with van der Waals surface area (Å²) in [7, 11) is 0. The Kier molecular flexibility index (Phi) is 9.56. The van der Waals surface area contributed by atoms with E-state index in [0.717, 1.165) is 37.9 Å². The number of aliphatic hydroxyl groups excluding tert-OH is 1. The number of unbranched alkanes of at least 4 members (excludes halogenated alkanes) is 1. The molecular formula is C23H43ClN2O2. The molecule has 1 saturated heterocycles. The van der Waals surface area contributed by atoms with Gasteiger partial charge in [0, 0.05) is 37.5 Å². The van der Waals surface area contributed by atoms with Crippen LogP contribution in [0.2, 0.25) is 0 Å². The second-order valence-corrected chi connectivity index (χ2v) is 10.8. The fraction of sp³-hybridized carbons (Fsp3) is 0.957. The number of amides is 1. The van der Waals surface area contributed by atoms with Gasteiger partial charge in [-0.1, -0.05) is 27.7 Å². The minimum absolute atomic E-state index is 0.124. The highest BCUT2D eigenvalue weighted by molar-refractivity contribution is 6.20. The van der Waals surface area contributed by atoms with E-state index in [9.17, 15) is 4.79 Å². The third-order valence-corrected chi connectivity index (χ3v) is 7.52. The maximum Gasteiger partial charge on any atom is 0.220 e. The van der Waals surface area contributed by atoms with Crippen LogP contribution in [0.25, 0.3) is 0 Å². The van der Waals surface area contributed by atoms with Crippen LogP contribution in [-0.2, 0) is 4.79 Å². The summed E-state index contributed by atoms with van der Waals surface area (Å²) in [6, 6.07) is 0.195. The zero-order valence-corrected chi connectivity index (χ0v) is 19.3. The SMILES string of the molecule is CC(C)[C@H](CN1CCC(C2CCC(Cl)CC2)C(C)(C)C1)NC(=O)CCCCO. The monoisotopic (exact) mass is 414 g/mol. The predicted octanol–water partition coefficient (Wildman–Crippen LogP) is 4.44. The summed E-state index contributed by atoms with van der Waals surface area (Å²) in [5.74, 6) is 2.17. The highest BCUT2D eigenvalue weighted by Gasteiger charge is 2.41. The van der Waals surface area contributed by atoms with Gasteiger partial charge in [-0.2, -0.15) is 0 Å². The van der Waals surface area contributed by atoms with E-state index >= 15 is 0 Å². The molecule has 0 radical (unpaired) electrons. The number of halogens is 1. The lowest BCUT2D eigenvalue weighted by atomic mass is 9.64. The fourth-order valence-corrected chi connectivity index (χ4v) is 5.63. The number of aliphatic hydroxyl groups is 1. The first-order valence-corrected chi connectivity index (χ1v) is 11.9. The van der Waals surface area contributed by atoms with Crippen molar-refractivity contribution in [2.75, 3.05) is 26.2 Å². The van der Waals surface area contributed by atoms with E-state index in [2.05, 4.69) is 37.9 Å². The highest BCUT2D eigenvalue weighted by atomic mass is 35.5. The van der Waals surface area contributed by atoms with Crippen molar-refractivity contribution in [3.63, 3.8) is 0 Å². The molecule has 1 amide bonds. The molecule has 2 atom stereocenters. The second kappa shape index (κ2) is 11.2. The number of hydrogen-bond acceptors (Lipinski definition) is 3. The van der Waals surface area contributed by atoms with Crippen molar-refractivity contribution in [3.8, 4) is 0 Å². The Labute approximate surface area is 177 Å². The molecule has 2 N–H and O–H groups in total. The first-order chi connectivity index (χ1) is 13.2. The third kappa shape index (κ3) is 7.18. The molecule has 2 fully saturated rings. The van der Waals surface area contributed by atoms with Gasteiger partial charge in [-0.15, -0.1) is 11.6 Å². The van der Waals surface area contributed by atoms with Crippen LogP contribution in [0.3, 0.4) is 0 Å². The first-order valence-electron chi connectivity index (χ1n) is 11.5. The number of carbonyl (C=O) groups is 1. The van der Waals surface area contributed by atoms with Crippen molar-refractivity contribution in [1.29, 1.82) is 0 Å². The van der Waals surface area contributed by atoms with Crippen LogP contribution in [0.4, 0.5) is 0 Å². The van der Waals surface area contributed by atoms with Crippen molar-refractivity contribution in [2.24, 2.45) is 23.2 Å². The topological polar surface area (TPSA) is 52.6 Å². The lowest BCUT2D eigenvalue weighted by Crippen LogP contribution is -2.53. The van der Waals surface area contributed by atoms with Gasteiger partial charge in [0.25, 0.3) is 0 Å². The molecule has 1 unspecified atom stereocenters. The molecule has 5 heteroatoms. The van der Waals surface area contributed by atoms with E-state index < -0.39 is 0 Å². The van der Waals surface area contributed by atoms with Gasteiger partial charge < -0.3 is 15.3 Å². The van der Waals surface area contributed by atoms with Gasteiger partial charge in [0.2, 0.25) is 5.91 Å². The quantitative estimate of drug-likeness (QED) is 0.433. The predicted molar refractivity (Wildman–Crippen MR) is 118 cm³/mol. The fourth-order valence-electron chi connectivity index (χ4n) is 5.37. The molecule has 1 aliphatic carbocycles. The summed E-state index contributed by atoms with van der Waals surface area (Å²) in [5, 5.41) is 12.5. The Hall–Kier alpha value is -0.320. The van der Waals surface area contributed by atoms with Crippen LogP contribution in [0.1, 0.15) is 79.1 Å². The standard InChI is InChI=1S/C23H43ClN2O2/c1-17(2)21(25-22(28)7-5-6-14-27)15-26-13-12-20(23(3,4)16-26)18-8-10-19(24)11-9-18/h17-21,27H,5-16H2,1-4H3,(H,25,28)/t18?,19?,20?,21-/m0/s1. The van der Waals surface area contributed by atoms with Crippen LogP contribution >= 0.6 is 11.6 Å². The van der Waals surface area contributed by atoms with Crippen LogP contribution in [0.5, 0.6) is 0 Å². The molecule has 0 bridgehead atoms. The van der Waals surface area contributed by atoms with Crippen molar-refractivity contribution in [2.45, 2.75) is 90.5 Å². The van der Waals surface area contributed by atoms with Crippen LogP contribution in [0, 0.1) is 23.2 Å². The number of alkyl halides is 1. The normalized spacial score (nSPS) is 29.6. The van der Waals surface area contributed by atoms with Crippen molar-refractivity contribution in [1.82, 2.24) is 10.2 Å². The van der Waals surface area contributed by atoms with Crippen molar-refractivity contribution >= 4 is 17.5 Å². The summed E-state index contributed by atoms with van der Waals surface area (Å²) >= 11 is 6.33. The maximum atomic E-state index is 12.3. The van der Waals surface area contributed by atoms with Gasteiger partial charge in [-0.25, -0.2) is 0 Å². The number of hydrogen-bond donors (Lipinski definition) is 2. The highest BCUT2D eigenvalue weighted by Crippen LogP contribution is 2.45. The summed E-state index contributed by atoms with van der Waals surface area (Å²) in [6.07, 6.45) is 8.19. The van der Waals surface area contributed by atoms with Gasteiger partial charge in [-0.05, 0) is 74.7 Å². The van der Waals surface area contributed by atoms with Gasteiger partial charge in [-0.3, -0.25) is 4.79 Å². The minimum Gasteiger partial charge on any atom is -0.396 e. The van der Waals surface area contributed by atoms with Crippen molar-refractivity contribution < 1.29 is 9.90 Å². The zero-order chi connectivity index (χ0) is 20.7. The molecule has 1 saturated carbocycles. The summed E-state index contributed by atoms with van der Waals surface area (Å²) in [6.45, 7) is 12.6. The van der Waals surface area contributed by atoms with E-state index in [0.29, 0.717) is 29.6 Å². The van der Waals surface area contributed by atoms with Gasteiger partial charge in [0.1, 0.15) is 0 Å². The number of nitrogens with one attached hydrogen (secondary N) is 1. The summed E-state index contributed by atoms with van der Waals surface area (Å²) in [5.41, 5.74) is 0.314. The Morgan fingerprint density at radius 1 is 1.18 bits per heavy atom. The van der Waals surface area contributed by atoms with Gasteiger partial charge >= 0.3 is 0 Å². The summed E-state index contributed by atoms with van der Waals surface area (Å²) in [4.78, 5) is 14.8. The molecule has 4 nitrogen and oxygen atoms in total. The Morgan fingerprint density at radius 2 is 1.86 bits per heavy atom. The van der Waals surface area contributed by atoms with E-state index in [1.807, 2.05) is 0 Å². The zero-order valence-electron chi connectivity index (χ0n) is 18.6. The Bertz CT molecular complexity index is 475. The number of rotatable bonds is 9. The Morgan fingerprint density at radius 3 is 2.43 bits per heavy atom. The molecule has 1 aliphatic heterocycles. The molecule has 0 spiro atoms. The van der Waals surface area contributed by atoms with E-state index in [4.69, 9.17) is 16.7 Å². The smallest absolute Gasteiger partial charge is 0.220 e. The number of nitrogens with zero attached hydrogens (tertiary/aromatic N) is 1. The van der Waals surface area contributed by atoms with E-state index in [1.54, 1.807) is 0 Å². The van der Waals surface area contributed by atoms with Gasteiger partial charge in [0.15, 0.2) is 0 Å². The first kappa shape index (κ1) is 24.0. The lowest BCUT2D eigenvalue weighted by molar-refractivity contribution is -0.122. The third-order valence-electron chi connectivity index (χ3n) is 7.08. The molecule has 0 aromatic carbocycles. The van der Waals surface area contributed by atoms with Crippen LogP contribution in [0.15, 0.2) is 0 Å². The second-order valence-electron chi connectivity index (χ2n) is 10.2.